The highest BCUT2D eigenvalue weighted by molar-refractivity contribution is 5.97. The number of carboxylic acids is 1. The van der Waals surface area contributed by atoms with E-state index in [0.29, 0.717) is 12.5 Å². The molecular weight excluding hydrogens is 242 g/mol. The van der Waals surface area contributed by atoms with Gasteiger partial charge in [-0.1, -0.05) is 27.2 Å². The van der Waals surface area contributed by atoms with Gasteiger partial charge in [-0.05, 0) is 42.4 Å². The van der Waals surface area contributed by atoms with Gasteiger partial charge in [-0.15, -0.1) is 0 Å². The molecule has 0 aromatic heterocycles. The molecule has 4 unspecified atom stereocenters. The molecule has 0 saturated heterocycles. The Morgan fingerprint density at radius 2 is 1.95 bits per heavy atom. The lowest BCUT2D eigenvalue weighted by Gasteiger charge is -2.28. The molecule has 2 N–H and O–H groups in total. The number of carbonyl (C=O) groups is 2. The Labute approximate surface area is 115 Å². The maximum Gasteiger partial charge on any atom is 0.316 e. The quantitative estimate of drug-likeness (QED) is 0.768. The third-order valence-electron chi connectivity index (χ3n) is 4.80. The minimum absolute atomic E-state index is 0.331. The molecule has 108 valence electrons. The molecule has 1 amide bonds. The smallest absolute Gasteiger partial charge is 0.316 e. The molecule has 4 nitrogen and oxygen atoms in total. The normalized spacial score (nSPS) is 31.2. The van der Waals surface area contributed by atoms with Gasteiger partial charge in [-0.25, -0.2) is 0 Å². The van der Waals surface area contributed by atoms with Crippen molar-refractivity contribution in [2.75, 3.05) is 6.54 Å². The number of amides is 1. The Morgan fingerprint density at radius 3 is 2.37 bits per heavy atom. The summed E-state index contributed by atoms with van der Waals surface area (Å²) in [5.41, 5.74) is -0.551. The van der Waals surface area contributed by atoms with Crippen LogP contribution in [0.4, 0.5) is 0 Å². The Morgan fingerprint density at radius 1 is 1.26 bits per heavy atom. The van der Waals surface area contributed by atoms with Crippen molar-refractivity contribution in [3.8, 4) is 0 Å². The van der Waals surface area contributed by atoms with Gasteiger partial charge < -0.3 is 10.4 Å². The van der Waals surface area contributed by atoms with Gasteiger partial charge in [0.25, 0.3) is 0 Å². The number of rotatable bonds is 4. The van der Waals surface area contributed by atoms with Crippen LogP contribution in [0.15, 0.2) is 0 Å². The van der Waals surface area contributed by atoms with E-state index in [-0.39, 0.29) is 5.91 Å². The van der Waals surface area contributed by atoms with Crippen molar-refractivity contribution in [1.29, 1.82) is 0 Å². The molecule has 4 heteroatoms. The van der Waals surface area contributed by atoms with Crippen molar-refractivity contribution in [2.45, 2.75) is 46.5 Å². The number of aliphatic carboxylic acids is 1. The predicted octanol–water partition coefficient (Wildman–Crippen LogP) is 2.29. The van der Waals surface area contributed by atoms with Crippen molar-refractivity contribution >= 4 is 11.9 Å². The van der Waals surface area contributed by atoms with Crippen LogP contribution in [0, 0.1) is 29.1 Å². The van der Waals surface area contributed by atoms with Crippen LogP contribution in [-0.4, -0.2) is 23.5 Å². The van der Waals surface area contributed by atoms with Crippen molar-refractivity contribution in [1.82, 2.24) is 5.32 Å². The number of carboxylic acid groups (broad SMARTS) is 1. The zero-order chi connectivity index (χ0) is 14.2. The van der Waals surface area contributed by atoms with E-state index in [1.54, 1.807) is 20.8 Å². The van der Waals surface area contributed by atoms with E-state index >= 15 is 0 Å². The van der Waals surface area contributed by atoms with Gasteiger partial charge in [0.15, 0.2) is 0 Å². The Hall–Kier alpha value is -1.06. The van der Waals surface area contributed by atoms with Crippen molar-refractivity contribution in [3.05, 3.63) is 0 Å². The molecule has 2 bridgehead atoms. The minimum atomic E-state index is -1.03. The Bertz CT molecular complexity index is 372. The summed E-state index contributed by atoms with van der Waals surface area (Å²) in [6.45, 7) is 6.04. The molecule has 0 radical (unpaired) electrons. The van der Waals surface area contributed by atoms with Crippen LogP contribution in [0.3, 0.4) is 0 Å². The number of hydrogen-bond donors (Lipinski definition) is 2. The molecule has 0 aromatic rings. The number of carbonyl (C=O) groups excluding carboxylic acids is 1. The molecule has 19 heavy (non-hydrogen) atoms. The molecule has 2 aliphatic carbocycles. The first-order valence-electron chi connectivity index (χ1n) is 7.29. The van der Waals surface area contributed by atoms with Crippen molar-refractivity contribution in [2.24, 2.45) is 29.1 Å². The average molecular weight is 267 g/mol. The molecule has 0 spiro atoms. The van der Waals surface area contributed by atoms with Crippen LogP contribution in [0.5, 0.6) is 0 Å². The lowest BCUT2D eigenvalue weighted by Crippen LogP contribution is -2.44. The second kappa shape index (κ2) is 5.14. The van der Waals surface area contributed by atoms with Crippen LogP contribution in [0.1, 0.15) is 46.5 Å². The summed E-state index contributed by atoms with van der Waals surface area (Å²) in [6.07, 6.45) is 5.14. The Kier molecular flexibility index (Phi) is 3.88. The number of fused-ring (bicyclic) bond motifs is 2. The molecule has 2 rings (SSSR count). The maximum absolute atomic E-state index is 12.1. The SMILES string of the molecule is CC(C)(C)C(C(=O)O)C(=O)NCC1CC2CCC1C2. The minimum Gasteiger partial charge on any atom is -0.481 e. The van der Waals surface area contributed by atoms with E-state index in [4.69, 9.17) is 0 Å². The molecule has 2 saturated carbocycles. The second-order valence-electron chi connectivity index (χ2n) is 7.32. The molecule has 2 aliphatic rings. The zero-order valence-corrected chi connectivity index (χ0v) is 12.1. The highest BCUT2D eigenvalue weighted by Gasteiger charge is 2.41. The first-order valence-corrected chi connectivity index (χ1v) is 7.29. The summed E-state index contributed by atoms with van der Waals surface area (Å²) < 4.78 is 0. The predicted molar refractivity (Wildman–Crippen MR) is 72.5 cm³/mol. The lowest BCUT2D eigenvalue weighted by atomic mass is 9.80. The summed E-state index contributed by atoms with van der Waals surface area (Å²) in [5.74, 6) is -0.156. The maximum atomic E-state index is 12.1. The largest absolute Gasteiger partial charge is 0.481 e. The molecule has 0 aliphatic heterocycles. The monoisotopic (exact) mass is 267 g/mol. The third kappa shape index (κ3) is 3.10. The van der Waals surface area contributed by atoms with Gasteiger partial charge in [0, 0.05) is 6.54 Å². The molecular formula is C15H25NO3. The highest BCUT2D eigenvalue weighted by atomic mass is 16.4. The molecule has 2 fully saturated rings. The van der Waals surface area contributed by atoms with Crippen LogP contribution in [0.2, 0.25) is 0 Å². The number of nitrogens with one attached hydrogen (secondary N) is 1. The van der Waals surface area contributed by atoms with Crippen LogP contribution in [-0.2, 0) is 9.59 Å². The van der Waals surface area contributed by atoms with E-state index < -0.39 is 17.3 Å². The summed E-state index contributed by atoms with van der Waals surface area (Å²) in [4.78, 5) is 23.4. The molecule has 4 atom stereocenters. The zero-order valence-electron chi connectivity index (χ0n) is 12.1. The van der Waals surface area contributed by atoms with Gasteiger partial charge in [0.2, 0.25) is 5.91 Å². The van der Waals surface area contributed by atoms with Crippen LogP contribution < -0.4 is 5.32 Å². The van der Waals surface area contributed by atoms with Crippen molar-refractivity contribution < 1.29 is 14.7 Å². The molecule has 0 aromatic carbocycles. The van der Waals surface area contributed by atoms with E-state index in [1.165, 1.54) is 25.7 Å². The summed E-state index contributed by atoms with van der Waals surface area (Å²) >= 11 is 0. The molecule has 0 heterocycles. The highest BCUT2D eigenvalue weighted by Crippen LogP contribution is 2.47. The summed E-state index contributed by atoms with van der Waals surface area (Å²) in [5, 5.41) is 12.1. The van der Waals surface area contributed by atoms with E-state index in [1.807, 2.05) is 0 Å². The number of hydrogen-bond acceptors (Lipinski definition) is 2. The van der Waals surface area contributed by atoms with Gasteiger partial charge in [-0.3, -0.25) is 9.59 Å². The van der Waals surface area contributed by atoms with Gasteiger partial charge in [0.1, 0.15) is 5.92 Å². The fraction of sp³-hybridized carbons (Fsp3) is 0.867. The van der Waals surface area contributed by atoms with Gasteiger partial charge >= 0.3 is 5.97 Å². The van der Waals surface area contributed by atoms with E-state index in [0.717, 1.165) is 11.8 Å². The Balaban J connectivity index is 1.88. The van der Waals surface area contributed by atoms with E-state index in [2.05, 4.69) is 5.32 Å². The fourth-order valence-corrected chi connectivity index (χ4v) is 3.84. The van der Waals surface area contributed by atoms with E-state index in [9.17, 15) is 14.7 Å². The average Bonchev–Trinajstić information content (AvgIpc) is 2.85. The fourth-order valence-electron chi connectivity index (χ4n) is 3.84. The topological polar surface area (TPSA) is 66.4 Å². The van der Waals surface area contributed by atoms with Crippen molar-refractivity contribution in [3.63, 3.8) is 0 Å². The first-order chi connectivity index (χ1) is 8.79. The standard InChI is InChI=1S/C15H25NO3/c1-15(2,3)12(14(18)19)13(17)16-8-11-7-9-4-5-10(11)6-9/h9-12H,4-8H2,1-3H3,(H,16,17)(H,18,19). The summed E-state index contributed by atoms with van der Waals surface area (Å²) in [6, 6.07) is 0. The first kappa shape index (κ1) is 14.4. The second-order valence-corrected chi connectivity index (χ2v) is 7.32. The van der Waals surface area contributed by atoms with Crippen LogP contribution >= 0.6 is 0 Å². The van der Waals surface area contributed by atoms with Gasteiger partial charge in [-0.2, -0.15) is 0 Å². The summed E-state index contributed by atoms with van der Waals surface area (Å²) in [7, 11) is 0. The van der Waals surface area contributed by atoms with Crippen LogP contribution in [0.25, 0.3) is 0 Å². The lowest BCUT2D eigenvalue weighted by molar-refractivity contribution is -0.151. The van der Waals surface area contributed by atoms with Gasteiger partial charge in [0.05, 0.1) is 0 Å². The third-order valence-corrected chi connectivity index (χ3v) is 4.80.